The number of nitrogens with zero attached hydrogens (tertiary/aromatic N) is 3. The summed E-state index contributed by atoms with van der Waals surface area (Å²) in [4.78, 5) is 26.1. The van der Waals surface area contributed by atoms with Gasteiger partial charge in [0.2, 0.25) is 0 Å². The molecule has 26 heavy (non-hydrogen) atoms. The molecule has 4 rings (SSSR count). The van der Waals surface area contributed by atoms with Gasteiger partial charge in [0.05, 0.1) is 5.69 Å². The van der Waals surface area contributed by atoms with Crippen LogP contribution in [0.1, 0.15) is 23.6 Å². The Morgan fingerprint density at radius 3 is 2.81 bits per heavy atom. The molecule has 1 aliphatic heterocycles. The molecule has 0 bridgehead atoms. The predicted octanol–water partition coefficient (Wildman–Crippen LogP) is 2.96. The Kier molecular flexibility index (Phi) is 4.58. The van der Waals surface area contributed by atoms with Gasteiger partial charge < -0.3 is 4.98 Å². The van der Waals surface area contributed by atoms with Crippen LogP contribution in [0, 0.1) is 5.82 Å². The van der Waals surface area contributed by atoms with Crippen LogP contribution in [-0.4, -0.2) is 32.9 Å². The molecule has 0 spiro atoms. The molecule has 0 amide bonds. The Morgan fingerprint density at radius 2 is 2.04 bits per heavy atom. The van der Waals surface area contributed by atoms with Gasteiger partial charge in [-0.1, -0.05) is 18.2 Å². The summed E-state index contributed by atoms with van der Waals surface area (Å²) in [6, 6.07) is 13.7. The van der Waals surface area contributed by atoms with E-state index in [0.717, 1.165) is 37.3 Å². The van der Waals surface area contributed by atoms with Gasteiger partial charge in [-0.25, -0.2) is 9.37 Å². The first-order chi connectivity index (χ1) is 12.7. The molecule has 1 fully saturated rings. The van der Waals surface area contributed by atoms with Crippen LogP contribution in [0.15, 0.2) is 59.5 Å². The lowest BCUT2D eigenvalue weighted by Crippen LogP contribution is -2.20. The third-order valence-corrected chi connectivity index (χ3v) is 4.68. The maximum Gasteiger partial charge on any atom is 0.251 e. The molecule has 0 aliphatic carbocycles. The predicted molar refractivity (Wildman–Crippen MR) is 97.1 cm³/mol. The largest absolute Gasteiger partial charge is 0.305 e. The highest BCUT2D eigenvalue weighted by atomic mass is 19.1. The normalized spacial score (nSPS) is 17.5. The molecule has 0 unspecified atom stereocenters. The highest BCUT2D eigenvalue weighted by molar-refractivity contribution is 5.48. The molecule has 2 aromatic heterocycles. The lowest BCUT2D eigenvalue weighted by molar-refractivity contribution is 0.326. The summed E-state index contributed by atoms with van der Waals surface area (Å²) >= 11 is 0. The third kappa shape index (κ3) is 3.70. The monoisotopic (exact) mass is 350 g/mol. The second kappa shape index (κ2) is 7.17. The van der Waals surface area contributed by atoms with Gasteiger partial charge in [0.1, 0.15) is 11.5 Å². The second-order valence-corrected chi connectivity index (χ2v) is 6.58. The lowest BCUT2D eigenvalue weighted by Gasteiger charge is -2.16. The van der Waals surface area contributed by atoms with Gasteiger partial charge in [-0.05, 0) is 42.8 Å². The number of aromatic nitrogens is 3. The fourth-order valence-electron chi connectivity index (χ4n) is 3.38. The zero-order chi connectivity index (χ0) is 17.9. The highest BCUT2D eigenvalue weighted by Gasteiger charge is 2.25. The Labute approximate surface area is 150 Å². The van der Waals surface area contributed by atoms with E-state index in [1.165, 1.54) is 12.1 Å². The fraction of sp³-hybridized carbons (Fsp3) is 0.250. The van der Waals surface area contributed by atoms with Gasteiger partial charge in [-0.3, -0.25) is 14.7 Å². The summed E-state index contributed by atoms with van der Waals surface area (Å²) in [5.74, 6) is 0.494. The first kappa shape index (κ1) is 16.6. The average Bonchev–Trinajstić information content (AvgIpc) is 3.12. The SMILES string of the molecule is O=c1cc([C@@H]2CCN(Cc3ccc(F)cc3)C2)nc(-c2ccccn2)[nH]1. The Balaban J connectivity index is 1.51. The molecule has 1 saturated heterocycles. The van der Waals surface area contributed by atoms with Crippen molar-refractivity contribution in [1.82, 2.24) is 19.9 Å². The van der Waals surface area contributed by atoms with Crippen LogP contribution in [0.4, 0.5) is 4.39 Å². The van der Waals surface area contributed by atoms with Crippen molar-refractivity contribution < 1.29 is 4.39 Å². The van der Waals surface area contributed by atoms with Crippen molar-refractivity contribution in [3.05, 3.63) is 82.2 Å². The van der Waals surface area contributed by atoms with Crippen LogP contribution in [-0.2, 0) is 6.54 Å². The van der Waals surface area contributed by atoms with E-state index in [1.54, 1.807) is 12.3 Å². The van der Waals surface area contributed by atoms with Crippen LogP contribution < -0.4 is 5.56 Å². The summed E-state index contributed by atoms with van der Waals surface area (Å²) in [6.45, 7) is 2.53. The zero-order valence-electron chi connectivity index (χ0n) is 14.2. The van der Waals surface area contributed by atoms with Gasteiger partial charge >= 0.3 is 0 Å². The molecule has 3 aromatic rings. The maximum absolute atomic E-state index is 13.0. The molecule has 0 radical (unpaired) electrons. The molecule has 0 saturated carbocycles. The van der Waals surface area contributed by atoms with Crippen molar-refractivity contribution in [3.63, 3.8) is 0 Å². The van der Waals surface area contributed by atoms with Gasteiger partial charge in [-0.2, -0.15) is 0 Å². The number of nitrogens with one attached hydrogen (secondary N) is 1. The van der Waals surface area contributed by atoms with Crippen molar-refractivity contribution in [1.29, 1.82) is 0 Å². The van der Waals surface area contributed by atoms with E-state index < -0.39 is 0 Å². The van der Waals surface area contributed by atoms with Crippen LogP contribution >= 0.6 is 0 Å². The third-order valence-electron chi connectivity index (χ3n) is 4.68. The molecular formula is C20H19FN4O. The van der Waals surface area contributed by atoms with Gasteiger partial charge in [-0.15, -0.1) is 0 Å². The van der Waals surface area contributed by atoms with E-state index in [1.807, 2.05) is 30.3 Å². The summed E-state index contributed by atoms with van der Waals surface area (Å²) < 4.78 is 13.0. The Morgan fingerprint density at radius 1 is 1.19 bits per heavy atom. The number of hydrogen-bond donors (Lipinski definition) is 1. The molecule has 132 valence electrons. The van der Waals surface area contributed by atoms with Crippen molar-refractivity contribution in [2.24, 2.45) is 0 Å². The Bertz CT molecular complexity index is 940. The number of rotatable bonds is 4. The van der Waals surface area contributed by atoms with E-state index in [4.69, 9.17) is 0 Å². The second-order valence-electron chi connectivity index (χ2n) is 6.58. The molecule has 1 atom stereocenters. The number of aromatic amines is 1. The van der Waals surface area contributed by atoms with E-state index in [9.17, 15) is 9.18 Å². The number of halogens is 1. The Hall–Kier alpha value is -2.86. The van der Waals surface area contributed by atoms with Crippen molar-refractivity contribution >= 4 is 0 Å². The molecule has 3 heterocycles. The molecule has 1 aromatic carbocycles. The summed E-state index contributed by atoms with van der Waals surface area (Å²) in [5.41, 5.74) is 2.39. The fourth-order valence-corrected chi connectivity index (χ4v) is 3.38. The van der Waals surface area contributed by atoms with Crippen molar-refractivity contribution in [2.75, 3.05) is 13.1 Å². The summed E-state index contributed by atoms with van der Waals surface area (Å²) in [6.07, 6.45) is 2.63. The average molecular weight is 350 g/mol. The maximum atomic E-state index is 13.0. The minimum Gasteiger partial charge on any atom is -0.305 e. The first-order valence-electron chi connectivity index (χ1n) is 8.67. The standard InChI is InChI=1S/C20H19FN4O/c21-16-6-4-14(5-7-16)12-25-10-8-15(13-25)18-11-19(26)24-20(23-18)17-3-1-2-9-22-17/h1-7,9,11,15H,8,10,12-13H2,(H,23,24,26)/t15-/m1/s1. The summed E-state index contributed by atoms with van der Waals surface area (Å²) in [5, 5.41) is 0. The van der Waals surface area contributed by atoms with E-state index in [-0.39, 0.29) is 17.3 Å². The van der Waals surface area contributed by atoms with Crippen LogP contribution in [0.25, 0.3) is 11.5 Å². The smallest absolute Gasteiger partial charge is 0.251 e. The van der Waals surface area contributed by atoms with Crippen LogP contribution in [0.2, 0.25) is 0 Å². The molecule has 1 N–H and O–H groups in total. The van der Waals surface area contributed by atoms with Crippen LogP contribution in [0.3, 0.4) is 0 Å². The highest BCUT2D eigenvalue weighted by Crippen LogP contribution is 2.27. The number of pyridine rings is 1. The minimum atomic E-state index is -0.220. The minimum absolute atomic E-state index is 0.160. The van der Waals surface area contributed by atoms with Gasteiger partial charge in [0, 0.05) is 31.3 Å². The van der Waals surface area contributed by atoms with Crippen molar-refractivity contribution in [3.8, 4) is 11.5 Å². The molecule has 6 heteroatoms. The number of likely N-dealkylation sites (tertiary alicyclic amines) is 1. The number of H-pyrrole nitrogens is 1. The van der Waals surface area contributed by atoms with E-state index in [0.29, 0.717) is 11.5 Å². The number of hydrogen-bond acceptors (Lipinski definition) is 4. The quantitative estimate of drug-likeness (QED) is 0.786. The molecule has 1 aliphatic rings. The van der Waals surface area contributed by atoms with E-state index in [2.05, 4.69) is 19.9 Å². The molecule has 5 nitrogen and oxygen atoms in total. The van der Waals surface area contributed by atoms with Gasteiger partial charge in [0.25, 0.3) is 5.56 Å². The topological polar surface area (TPSA) is 61.9 Å². The van der Waals surface area contributed by atoms with E-state index >= 15 is 0 Å². The first-order valence-corrected chi connectivity index (χ1v) is 8.67. The lowest BCUT2D eigenvalue weighted by atomic mass is 10.0. The molecular weight excluding hydrogens is 331 g/mol. The zero-order valence-corrected chi connectivity index (χ0v) is 14.2. The van der Waals surface area contributed by atoms with Gasteiger partial charge in [0.15, 0.2) is 5.82 Å². The summed E-state index contributed by atoms with van der Waals surface area (Å²) in [7, 11) is 0. The number of benzene rings is 1. The van der Waals surface area contributed by atoms with Crippen molar-refractivity contribution in [2.45, 2.75) is 18.9 Å². The van der Waals surface area contributed by atoms with Crippen LogP contribution in [0.5, 0.6) is 0 Å².